The Balaban J connectivity index is 1.93. The van der Waals surface area contributed by atoms with E-state index in [1.54, 1.807) is 11.3 Å². The summed E-state index contributed by atoms with van der Waals surface area (Å²) in [6, 6.07) is 3.83. The number of nitrogens with zero attached hydrogens (tertiary/aromatic N) is 1. The number of aliphatic hydroxyl groups excluding tert-OH is 1. The van der Waals surface area contributed by atoms with Crippen molar-refractivity contribution < 1.29 is 14.3 Å². The Kier molecular flexibility index (Phi) is 5.52. The van der Waals surface area contributed by atoms with Crippen LogP contribution in [0, 0.1) is 5.92 Å². The SMILES string of the molecule is CC(C)C(CCO)NC(=O)Cc1coc(-c2cccs2)n1. The quantitative estimate of drug-likeness (QED) is 0.824. The average molecular weight is 308 g/mol. The Bertz CT molecular complexity index is 563. The van der Waals surface area contributed by atoms with Crippen molar-refractivity contribution in [3.63, 3.8) is 0 Å². The normalized spacial score (nSPS) is 12.6. The van der Waals surface area contributed by atoms with Crippen LogP contribution in [0.1, 0.15) is 26.0 Å². The molecule has 0 bridgehead atoms. The monoisotopic (exact) mass is 308 g/mol. The molecule has 6 heteroatoms. The molecular weight excluding hydrogens is 288 g/mol. The molecule has 0 aromatic carbocycles. The first-order valence-electron chi connectivity index (χ1n) is 6.98. The smallest absolute Gasteiger partial charge is 0.236 e. The lowest BCUT2D eigenvalue weighted by molar-refractivity contribution is -0.121. The molecule has 0 fully saturated rings. The van der Waals surface area contributed by atoms with Gasteiger partial charge in [-0.1, -0.05) is 19.9 Å². The topological polar surface area (TPSA) is 75.4 Å². The third-order valence-corrected chi connectivity index (χ3v) is 4.07. The highest BCUT2D eigenvalue weighted by molar-refractivity contribution is 7.13. The summed E-state index contributed by atoms with van der Waals surface area (Å²) in [6.45, 7) is 4.10. The Labute approximate surface area is 128 Å². The lowest BCUT2D eigenvalue weighted by atomic mass is 10.0. The number of aliphatic hydroxyl groups is 1. The van der Waals surface area contributed by atoms with E-state index < -0.39 is 0 Å². The van der Waals surface area contributed by atoms with Gasteiger partial charge in [-0.15, -0.1) is 11.3 Å². The number of carbonyl (C=O) groups is 1. The molecule has 114 valence electrons. The van der Waals surface area contributed by atoms with Crippen LogP contribution in [0.2, 0.25) is 0 Å². The standard InChI is InChI=1S/C15H20N2O3S/c1-10(2)12(5-6-18)17-14(19)8-11-9-20-15(16-11)13-4-3-7-21-13/h3-4,7,9-10,12,18H,5-6,8H2,1-2H3,(H,17,19). The molecule has 0 aliphatic heterocycles. The summed E-state index contributed by atoms with van der Waals surface area (Å²) in [6.07, 6.45) is 2.26. The zero-order valence-corrected chi connectivity index (χ0v) is 13.0. The second-order valence-corrected chi connectivity index (χ2v) is 6.18. The summed E-state index contributed by atoms with van der Waals surface area (Å²) in [5.41, 5.74) is 0.613. The Morgan fingerprint density at radius 1 is 1.52 bits per heavy atom. The number of thiophene rings is 1. The van der Waals surface area contributed by atoms with Crippen molar-refractivity contribution >= 4 is 17.2 Å². The van der Waals surface area contributed by atoms with Crippen LogP contribution in [-0.2, 0) is 11.2 Å². The molecule has 0 aliphatic rings. The number of oxazole rings is 1. The predicted molar refractivity (Wildman–Crippen MR) is 82.0 cm³/mol. The number of carbonyl (C=O) groups excluding carboxylic acids is 1. The number of amides is 1. The van der Waals surface area contributed by atoms with Gasteiger partial charge in [-0.05, 0) is 23.8 Å². The molecule has 5 nitrogen and oxygen atoms in total. The van der Waals surface area contributed by atoms with Gasteiger partial charge < -0.3 is 14.8 Å². The molecule has 1 unspecified atom stereocenters. The third-order valence-electron chi connectivity index (χ3n) is 3.22. The van der Waals surface area contributed by atoms with E-state index in [1.165, 1.54) is 6.26 Å². The highest BCUT2D eigenvalue weighted by Crippen LogP contribution is 2.23. The van der Waals surface area contributed by atoms with Crippen LogP contribution in [0.15, 0.2) is 28.2 Å². The maximum atomic E-state index is 12.0. The summed E-state index contributed by atoms with van der Waals surface area (Å²) in [5, 5.41) is 13.9. The molecular formula is C15H20N2O3S. The minimum Gasteiger partial charge on any atom is -0.444 e. The maximum Gasteiger partial charge on any atom is 0.236 e. The van der Waals surface area contributed by atoms with Crippen LogP contribution in [-0.4, -0.2) is 28.6 Å². The van der Waals surface area contributed by atoms with E-state index in [4.69, 9.17) is 9.52 Å². The predicted octanol–water partition coefficient (Wildman–Crippen LogP) is 2.47. The Morgan fingerprint density at radius 2 is 2.33 bits per heavy atom. The molecule has 1 amide bonds. The fraction of sp³-hybridized carbons (Fsp3) is 0.467. The van der Waals surface area contributed by atoms with Gasteiger partial charge in [0.15, 0.2) is 0 Å². The zero-order valence-electron chi connectivity index (χ0n) is 12.2. The van der Waals surface area contributed by atoms with E-state index >= 15 is 0 Å². The highest BCUT2D eigenvalue weighted by atomic mass is 32.1. The summed E-state index contributed by atoms with van der Waals surface area (Å²) in [5.74, 6) is 0.719. The fourth-order valence-corrected chi connectivity index (χ4v) is 2.69. The molecule has 21 heavy (non-hydrogen) atoms. The van der Waals surface area contributed by atoms with Crippen LogP contribution >= 0.6 is 11.3 Å². The maximum absolute atomic E-state index is 12.0. The molecule has 0 radical (unpaired) electrons. The van der Waals surface area contributed by atoms with E-state index in [0.29, 0.717) is 18.0 Å². The lowest BCUT2D eigenvalue weighted by Gasteiger charge is -2.21. The van der Waals surface area contributed by atoms with Gasteiger partial charge in [0, 0.05) is 12.6 Å². The Hall–Kier alpha value is -1.66. The van der Waals surface area contributed by atoms with Crippen LogP contribution in [0.4, 0.5) is 0 Å². The number of hydrogen-bond donors (Lipinski definition) is 2. The molecule has 0 saturated carbocycles. The molecule has 2 N–H and O–H groups in total. The molecule has 2 aromatic rings. The van der Waals surface area contributed by atoms with Crippen molar-refractivity contribution in [3.8, 4) is 10.8 Å². The van der Waals surface area contributed by atoms with Crippen molar-refractivity contribution in [2.24, 2.45) is 5.92 Å². The lowest BCUT2D eigenvalue weighted by Crippen LogP contribution is -2.40. The van der Waals surface area contributed by atoms with E-state index in [2.05, 4.69) is 10.3 Å². The fourth-order valence-electron chi connectivity index (χ4n) is 2.04. The summed E-state index contributed by atoms with van der Waals surface area (Å²) >= 11 is 1.54. The Morgan fingerprint density at radius 3 is 2.95 bits per heavy atom. The summed E-state index contributed by atoms with van der Waals surface area (Å²) < 4.78 is 5.39. The van der Waals surface area contributed by atoms with Gasteiger partial charge in [0.2, 0.25) is 11.8 Å². The largest absolute Gasteiger partial charge is 0.444 e. The minimum atomic E-state index is -0.104. The van der Waals surface area contributed by atoms with E-state index in [0.717, 1.165) is 4.88 Å². The summed E-state index contributed by atoms with van der Waals surface area (Å²) in [7, 11) is 0. The molecule has 0 saturated heterocycles. The second-order valence-electron chi connectivity index (χ2n) is 5.23. The molecule has 1 atom stereocenters. The molecule has 2 rings (SSSR count). The third kappa shape index (κ3) is 4.41. The zero-order chi connectivity index (χ0) is 15.2. The summed E-state index contributed by atoms with van der Waals surface area (Å²) in [4.78, 5) is 17.3. The first kappa shape index (κ1) is 15.7. The van der Waals surface area contributed by atoms with Crippen molar-refractivity contribution in [1.29, 1.82) is 0 Å². The highest BCUT2D eigenvalue weighted by Gasteiger charge is 2.17. The first-order valence-corrected chi connectivity index (χ1v) is 7.86. The van der Waals surface area contributed by atoms with Gasteiger partial charge in [0.1, 0.15) is 6.26 Å². The van der Waals surface area contributed by atoms with Crippen LogP contribution in [0.5, 0.6) is 0 Å². The van der Waals surface area contributed by atoms with Crippen molar-refractivity contribution in [2.75, 3.05) is 6.61 Å². The van der Waals surface area contributed by atoms with Crippen molar-refractivity contribution in [2.45, 2.75) is 32.7 Å². The van der Waals surface area contributed by atoms with Crippen LogP contribution in [0.25, 0.3) is 10.8 Å². The number of aromatic nitrogens is 1. The van der Waals surface area contributed by atoms with Gasteiger partial charge in [0.25, 0.3) is 0 Å². The van der Waals surface area contributed by atoms with Crippen molar-refractivity contribution in [1.82, 2.24) is 10.3 Å². The van der Waals surface area contributed by atoms with Crippen molar-refractivity contribution in [3.05, 3.63) is 29.5 Å². The number of rotatable bonds is 7. The van der Waals surface area contributed by atoms with E-state index in [-0.39, 0.29) is 30.9 Å². The van der Waals surface area contributed by atoms with Crippen LogP contribution in [0.3, 0.4) is 0 Å². The minimum absolute atomic E-state index is 0.0221. The molecule has 0 aliphatic carbocycles. The van der Waals surface area contributed by atoms with E-state index in [9.17, 15) is 4.79 Å². The number of hydrogen-bond acceptors (Lipinski definition) is 5. The van der Waals surface area contributed by atoms with Gasteiger partial charge in [-0.25, -0.2) is 4.98 Å². The molecule has 0 spiro atoms. The van der Waals surface area contributed by atoms with Gasteiger partial charge >= 0.3 is 0 Å². The first-order chi connectivity index (χ1) is 10.1. The van der Waals surface area contributed by atoms with Gasteiger partial charge in [0.05, 0.1) is 17.0 Å². The second kappa shape index (κ2) is 7.38. The molecule has 2 heterocycles. The van der Waals surface area contributed by atoms with Crippen LogP contribution < -0.4 is 5.32 Å². The van der Waals surface area contributed by atoms with Gasteiger partial charge in [-0.2, -0.15) is 0 Å². The average Bonchev–Trinajstić information content (AvgIpc) is 3.08. The van der Waals surface area contributed by atoms with E-state index in [1.807, 2.05) is 31.4 Å². The molecule has 2 aromatic heterocycles. The number of nitrogens with one attached hydrogen (secondary N) is 1. The van der Waals surface area contributed by atoms with Gasteiger partial charge in [-0.3, -0.25) is 4.79 Å².